The second-order valence-corrected chi connectivity index (χ2v) is 5.88. The molecule has 2 N–H and O–H groups in total. The number of benzene rings is 1. The first-order valence-electron chi connectivity index (χ1n) is 6.04. The number of hydrogen-bond acceptors (Lipinski definition) is 5. The fourth-order valence-electron chi connectivity index (χ4n) is 1.68. The third-order valence-corrected chi connectivity index (χ3v) is 3.83. The fraction of sp³-hybridized carbons (Fsp3) is 0.200. The maximum Gasteiger partial charge on any atom is 0.284 e. The third kappa shape index (κ3) is 3.17. The SMILES string of the molecule is CC#CC(O)(C#CC)c1nc(-c2cc(Br)c(O)c(Br)c2)no1. The zero-order chi connectivity index (χ0) is 16.3. The molecule has 0 bridgehead atoms. The Labute approximate surface area is 144 Å². The van der Waals surface area contributed by atoms with Crippen LogP contribution in [0.15, 0.2) is 25.6 Å². The smallest absolute Gasteiger partial charge is 0.284 e. The van der Waals surface area contributed by atoms with Crippen LogP contribution in [0.2, 0.25) is 0 Å². The van der Waals surface area contributed by atoms with Crippen molar-refractivity contribution in [2.45, 2.75) is 19.4 Å². The predicted octanol–water partition coefficient (Wildman–Crippen LogP) is 3.20. The molecule has 0 aliphatic heterocycles. The molecule has 0 radical (unpaired) electrons. The summed E-state index contributed by atoms with van der Waals surface area (Å²) in [6.45, 7) is 3.15. The average molecular weight is 426 g/mol. The van der Waals surface area contributed by atoms with Gasteiger partial charge in [0.15, 0.2) is 0 Å². The van der Waals surface area contributed by atoms with Crippen LogP contribution in [-0.4, -0.2) is 20.4 Å². The van der Waals surface area contributed by atoms with Crippen LogP contribution >= 0.6 is 31.9 Å². The quantitative estimate of drug-likeness (QED) is 0.722. The Bertz CT molecular complexity index is 795. The molecule has 0 spiro atoms. The maximum atomic E-state index is 10.4. The average Bonchev–Trinajstić information content (AvgIpc) is 2.95. The van der Waals surface area contributed by atoms with Crippen molar-refractivity contribution in [1.82, 2.24) is 10.1 Å². The standard InChI is InChI=1S/C15H10Br2N2O3/c1-3-5-15(21,6-4-2)14-18-13(19-22-14)9-7-10(16)12(20)11(17)8-9/h7-8,20-21H,1-2H3. The highest BCUT2D eigenvalue weighted by molar-refractivity contribution is 9.11. The lowest BCUT2D eigenvalue weighted by Gasteiger charge is -2.08. The number of halogens is 2. The van der Waals surface area contributed by atoms with Crippen molar-refractivity contribution >= 4 is 31.9 Å². The van der Waals surface area contributed by atoms with Crippen LogP contribution in [0, 0.1) is 23.7 Å². The van der Waals surface area contributed by atoms with Gasteiger partial charge in [-0.25, -0.2) is 0 Å². The first kappa shape index (κ1) is 16.6. The van der Waals surface area contributed by atoms with E-state index in [-0.39, 0.29) is 17.5 Å². The van der Waals surface area contributed by atoms with E-state index in [1.165, 1.54) is 0 Å². The van der Waals surface area contributed by atoms with Crippen LogP contribution in [-0.2, 0) is 5.60 Å². The van der Waals surface area contributed by atoms with Gasteiger partial charge in [0.2, 0.25) is 5.82 Å². The molecule has 0 aliphatic rings. The highest BCUT2D eigenvalue weighted by Gasteiger charge is 2.32. The van der Waals surface area contributed by atoms with Gasteiger partial charge in [0.1, 0.15) is 5.75 Å². The van der Waals surface area contributed by atoms with Gasteiger partial charge >= 0.3 is 0 Å². The first-order chi connectivity index (χ1) is 10.4. The summed E-state index contributed by atoms with van der Waals surface area (Å²) in [5.41, 5.74) is -1.22. The lowest BCUT2D eigenvalue weighted by atomic mass is 10.1. The van der Waals surface area contributed by atoms with Crippen LogP contribution < -0.4 is 0 Å². The van der Waals surface area contributed by atoms with E-state index in [4.69, 9.17) is 4.52 Å². The Morgan fingerprint density at radius 1 is 1.14 bits per heavy atom. The van der Waals surface area contributed by atoms with Crippen molar-refractivity contribution in [3.63, 3.8) is 0 Å². The van der Waals surface area contributed by atoms with E-state index in [1.807, 2.05) is 0 Å². The summed E-state index contributed by atoms with van der Waals surface area (Å²) in [4.78, 5) is 4.15. The number of aromatic nitrogens is 2. The van der Waals surface area contributed by atoms with Crippen LogP contribution in [0.1, 0.15) is 19.7 Å². The molecule has 112 valence electrons. The van der Waals surface area contributed by atoms with Crippen molar-refractivity contribution in [1.29, 1.82) is 0 Å². The summed E-state index contributed by atoms with van der Waals surface area (Å²) in [7, 11) is 0. The molecule has 0 saturated heterocycles. The van der Waals surface area contributed by atoms with E-state index in [2.05, 4.69) is 65.7 Å². The van der Waals surface area contributed by atoms with E-state index < -0.39 is 5.60 Å². The minimum atomic E-state index is -1.81. The molecule has 0 fully saturated rings. The Morgan fingerprint density at radius 2 is 1.68 bits per heavy atom. The summed E-state index contributed by atoms with van der Waals surface area (Å²) >= 11 is 6.46. The van der Waals surface area contributed by atoms with E-state index in [0.717, 1.165) is 0 Å². The molecular weight excluding hydrogens is 416 g/mol. The monoisotopic (exact) mass is 424 g/mol. The summed E-state index contributed by atoms with van der Waals surface area (Å²) in [5.74, 6) is 10.5. The summed E-state index contributed by atoms with van der Waals surface area (Å²) in [6, 6.07) is 3.26. The van der Waals surface area contributed by atoms with Crippen molar-refractivity contribution in [2.75, 3.05) is 0 Å². The van der Waals surface area contributed by atoms with Crippen LogP contribution in [0.5, 0.6) is 5.75 Å². The molecule has 22 heavy (non-hydrogen) atoms. The number of aromatic hydroxyl groups is 1. The molecule has 0 amide bonds. The number of phenols is 1. The molecule has 2 rings (SSSR count). The molecular formula is C15H10Br2N2O3. The number of hydrogen-bond donors (Lipinski definition) is 2. The third-order valence-electron chi connectivity index (χ3n) is 2.62. The van der Waals surface area contributed by atoms with Gasteiger partial charge in [0.25, 0.3) is 11.5 Å². The van der Waals surface area contributed by atoms with Gasteiger partial charge in [0, 0.05) is 5.56 Å². The summed E-state index contributed by atoms with van der Waals surface area (Å²) in [5, 5.41) is 23.9. The second-order valence-electron chi connectivity index (χ2n) is 4.17. The van der Waals surface area contributed by atoms with Gasteiger partial charge < -0.3 is 14.7 Å². The van der Waals surface area contributed by atoms with E-state index in [1.54, 1.807) is 26.0 Å². The van der Waals surface area contributed by atoms with Crippen LogP contribution in [0.4, 0.5) is 0 Å². The van der Waals surface area contributed by atoms with Crippen LogP contribution in [0.25, 0.3) is 11.4 Å². The Hall–Kier alpha value is -1.80. The zero-order valence-corrected chi connectivity index (χ0v) is 14.8. The lowest BCUT2D eigenvalue weighted by Crippen LogP contribution is -2.21. The topological polar surface area (TPSA) is 79.4 Å². The van der Waals surface area contributed by atoms with E-state index in [9.17, 15) is 10.2 Å². The molecule has 1 aromatic heterocycles. The Morgan fingerprint density at radius 3 is 2.18 bits per heavy atom. The molecule has 2 aromatic rings. The van der Waals surface area contributed by atoms with Crippen molar-refractivity contribution in [3.8, 4) is 40.8 Å². The minimum Gasteiger partial charge on any atom is -0.506 e. The molecule has 0 saturated carbocycles. The number of phenolic OH excluding ortho intramolecular Hbond substituents is 1. The van der Waals surface area contributed by atoms with Crippen molar-refractivity contribution in [3.05, 3.63) is 27.0 Å². The first-order valence-corrected chi connectivity index (χ1v) is 7.62. The summed E-state index contributed by atoms with van der Waals surface area (Å²) < 4.78 is 6.03. The zero-order valence-electron chi connectivity index (χ0n) is 11.6. The Kier molecular flexibility index (Phi) is 4.92. The second kappa shape index (κ2) is 6.53. The fourth-order valence-corrected chi connectivity index (χ4v) is 2.87. The predicted molar refractivity (Wildman–Crippen MR) is 87.6 cm³/mol. The number of aliphatic hydroxyl groups is 1. The van der Waals surface area contributed by atoms with E-state index >= 15 is 0 Å². The van der Waals surface area contributed by atoms with Gasteiger partial charge in [-0.2, -0.15) is 4.98 Å². The Balaban J connectivity index is 2.51. The van der Waals surface area contributed by atoms with E-state index in [0.29, 0.717) is 14.5 Å². The maximum absolute atomic E-state index is 10.4. The number of rotatable bonds is 2. The van der Waals surface area contributed by atoms with Crippen molar-refractivity contribution < 1.29 is 14.7 Å². The molecule has 7 heteroatoms. The highest BCUT2D eigenvalue weighted by atomic mass is 79.9. The molecule has 0 unspecified atom stereocenters. The van der Waals surface area contributed by atoms with Gasteiger partial charge in [-0.05, 0) is 69.7 Å². The number of nitrogens with zero attached hydrogens (tertiary/aromatic N) is 2. The summed E-state index contributed by atoms with van der Waals surface area (Å²) in [6.07, 6.45) is 0. The minimum absolute atomic E-state index is 0.0673. The van der Waals surface area contributed by atoms with Crippen molar-refractivity contribution in [2.24, 2.45) is 0 Å². The molecule has 0 aliphatic carbocycles. The molecule has 1 heterocycles. The normalized spacial score (nSPS) is 10.4. The molecule has 5 nitrogen and oxygen atoms in total. The largest absolute Gasteiger partial charge is 0.506 e. The van der Waals surface area contributed by atoms with Gasteiger partial charge in [0.05, 0.1) is 8.95 Å². The van der Waals surface area contributed by atoms with Crippen LogP contribution in [0.3, 0.4) is 0 Å². The van der Waals surface area contributed by atoms with Gasteiger partial charge in [-0.1, -0.05) is 5.16 Å². The molecule has 0 atom stereocenters. The highest BCUT2D eigenvalue weighted by Crippen LogP contribution is 2.36. The van der Waals surface area contributed by atoms with Gasteiger partial charge in [-0.3, -0.25) is 0 Å². The molecule has 1 aromatic carbocycles. The van der Waals surface area contributed by atoms with Gasteiger partial charge in [-0.15, -0.1) is 11.8 Å². The lowest BCUT2D eigenvalue weighted by molar-refractivity contribution is 0.120.